The second-order valence-electron chi connectivity index (χ2n) is 7.48. The number of nitrogens with zero attached hydrogens (tertiary/aromatic N) is 2. The Hall–Kier alpha value is -3.52. The predicted molar refractivity (Wildman–Crippen MR) is 122 cm³/mol. The van der Waals surface area contributed by atoms with Crippen molar-refractivity contribution < 1.29 is 19.1 Å². The molecule has 0 fully saturated rings. The van der Waals surface area contributed by atoms with Crippen molar-refractivity contribution in [1.82, 2.24) is 4.98 Å². The summed E-state index contributed by atoms with van der Waals surface area (Å²) in [5, 5.41) is 3.57. The van der Waals surface area contributed by atoms with Crippen LogP contribution >= 0.6 is 11.8 Å². The first-order valence-corrected chi connectivity index (χ1v) is 11.1. The Labute approximate surface area is 189 Å². The largest absolute Gasteiger partial charge is 0.486 e. The predicted octanol–water partition coefficient (Wildman–Crippen LogP) is 4.17. The molecule has 0 aliphatic carbocycles. The Balaban J connectivity index is 1.35. The highest BCUT2D eigenvalue weighted by Gasteiger charge is 2.23. The van der Waals surface area contributed by atoms with Gasteiger partial charge in [-0.3, -0.25) is 9.59 Å². The number of ether oxygens (including phenoxy) is 2. The van der Waals surface area contributed by atoms with Crippen molar-refractivity contribution in [3.63, 3.8) is 0 Å². The van der Waals surface area contributed by atoms with E-state index in [1.807, 2.05) is 36.4 Å². The van der Waals surface area contributed by atoms with E-state index in [-0.39, 0.29) is 11.8 Å². The number of amides is 2. The van der Waals surface area contributed by atoms with Gasteiger partial charge in [0.1, 0.15) is 18.2 Å². The summed E-state index contributed by atoms with van der Waals surface area (Å²) in [7, 11) is 0. The summed E-state index contributed by atoms with van der Waals surface area (Å²) in [4.78, 5) is 31.9. The van der Waals surface area contributed by atoms with Gasteiger partial charge in [0.25, 0.3) is 5.91 Å². The Kier molecular flexibility index (Phi) is 5.45. The maximum absolute atomic E-state index is 13.1. The molecule has 32 heavy (non-hydrogen) atoms. The van der Waals surface area contributed by atoms with Crippen molar-refractivity contribution >= 4 is 35.0 Å². The molecule has 0 atom stereocenters. The van der Waals surface area contributed by atoms with Gasteiger partial charge in [0.05, 0.1) is 5.56 Å². The molecule has 162 valence electrons. The fourth-order valence-electron chi connectivity index (χ4n) is 3.85. The highest BCUT2D eigenvalue weighted by atomic mass is 32.2. The molecule has 2 aromatic carbocycles. The van der Waals surface area contributed by atoms with Gasteiger partial charge in [-0.25, -0.2) is 4.98 Å². The summed E-state index contributed by atoms with van der Waals surface area (Å²) in [6.07, 6.45) is 2.44. The molecule has 0 spiro atoms. The molecule has 1 N–H and O–H groups in total. The summed E-state index contributed by atoms with van der Waals surface area (Å²) in [5.74, 6) is 1.21. The number of benzene rings is 2. The lowest BCUT2D eigenvalue weighted by molar-refractivity contribution is -0.116. The van der Waals surface area contributed by atoms with Gasteiger partial charge in [-0.15, -0.1) is 0 Å². The smallest absolute Gasteiger partial charge is 0.258 e. The Bertz CT molecular complexity index is 1210. The third-order valence-electron chi connectivity index (χ3n) is 5.36. The van der Waals surface area contributed by atoms with Crippen molar-refractivity contribution in [1.29, 1.82) is 0 Å². The highest BCUT2D eigenvalue weighted by molar-refractivity contribution is 7.99. The second kappa shape index (κ2) is 8.55. The van der Waals surface area contributed by atoms with Crippen LogP contribution in [0.25, 0.3) is 0 Å². The van der Waals surface area contributed by atoms with E-state index in [1.165, 1.54) is 11.8 Å². The van der Waals surface area contributed by atoms with E-state index in [1.54, 1.807) is 30.2 Å². The monoisotopic (exact) mass is 447 g/mol. The fraction of sp³-hybridized carbons (Fsp3) is 0.208. The molecule has 3 heterocycles. The number of fused-ring (bicyclic) bond motifs is 2. The molecule has 8 heteroatoms. The number of carbonyl (C=O) groups excluding carboxylic acids is 2. The Morgan fingerprint density at radius 2 is 1.91 bits per heavy atom. The molecule has 2 aliphatic rings. The summed E-state index contributed by atoms with van der Waals surface area (Å²) in [5.41, 5.74) is 3.14. The number of pyridine rings is 1. The molecule has 0 unspecified atom stereocenters. The van der Waals surface area contributed by atoms with Crippen molar-refractivity contribution in [2.45, 2.75) is 23.3 Å². The van der Waals surface area contributed by atoms with E-state index < -0.39 is 0 Å². The van der Waals surface area contributed by atoms with Gasteiger partial charge >= 0.3 is 0 Å². The van der Waals surface area contributed by atoms with Gasteiger partial charge in [-0.2, -0.15) is 0 Å². The number of carbonyl (C=O) groups is 2. The number of anilines is 2. The van der Waals surface area contributed by atoms with Gasteiger partial charge in [-0.05, 0) is 60.5 Å². The normalized spacial score (nSPS) is 14.1. The van der Waals surface area contributed by atoms with E-state index in [2.05, 4.69) is 10.3 Å². The molecule has 2 aliphatic heterocycles. The second-order valence-corrected chi connectivity index (χ2v) is 8.54. The van der Waals surface area contributed by atoms with Crippen LogP contribution in [0.5, 0.6) is 11.5 Å². The molecule has 0 bridgehead atoms. The maximum Gasteiger partial charge on any atom is 0.258 e. The van der Waals surface area contributed by atoms with Crippen LogP contribution in [0, 0.1) is 0 Å². The molecule has 7 nitrogen and oxygen atoms in total. The average molecular weight is 448 g/mol. The lowest BCUT2D eigenvalue weighted by Gasteiger charge is -2.18. The van der Waals surface area contributed by atoms with Crippen LogP contribution in [-0.4, -0.2) is 36.6 Å². The van der Waals surface area contributed by atoms with Gasteiger partial charge in [0, 0.05) is 35.9 Å². The number of hydrogen-bond donors (Lipinski definition) is 1. The zero-order valence-corrected chi connectivity index (χ0v) is 18.3. The van der Waals surface area contributed by atoms with Crippen LogP contribution < -0.4 is 19.7 Å². The van der Waals surface area contributed by atoms with Gasteiger partial charge < -0.3 is 19.7 Å². The molecule has 2 amide bonds. The van der Waals surface area contributed by atoms with Gasteiger partial charge in [-0.1, -0.05) is 11.8 Å². The van der Waals surface area contributed by atoms with E-state index in [4.69, 9.17) is 9.47 Å². The number of hydrogen-bond acceptors (Lipinski definition) is 6. The summed E-state index contributed by atoms with van der Waals surface area (Å²) < 4.78 is 11.2. The average Bonchev–Trinajstić information content (AvgIpc) is 3.23. The van der Waals surface area contributed by atoms with Gasteiger partial charge in [0.15, 0.2) is 11.5 Å². The van der Waals surface area contributed by atoms with Crippen LogP contribution in [0.15, 0.2) is 64.6 Å². The standard InChI is InChI=1S/C24H21N3O4S/c1-15(28)27-10-8-16-13-17(4-6-20(16)27)26-23(29)19-3-2-9-25-24(19)32-18-5-7-21-22(14-18)31-12-11-30-21/h2-7,9,13-14H,8,10-12H2,1H3,(H,26,29). The van der Waals surface area contributed by atoms with E-state index >= 15 is 0 Å². The number of rotatable bonds is 4. The van der Waals surface area contributed by atoms with E-state index in [0.717, 1.165) is 28.3 Å². The molecule has 0 radical (unpaired) electrons. The topological polar surface area (TPSA) is 80.8 Å². The first-order chi connectivity index (χ1) is 15.6. The molecule has 0 saturated carbocycles. The van der Waals surface area contributed by atoms with Crippen LogP contribution in [-0.2, 0) is 11.2 Å². The quantitative estimate of drug-likeness (QED) is 0.647. The SMILES string of the molecule is CC(=O)N1CCc2cc(NC(=O)c3cccnc3Sc3ccc4c(c3)OCCO4)ccc21. The van der Waals surface area contributed by atoms with Crippen LogP contribution in [0.1, 0.15) is 22.8 Å². The minimum absolute atomic E-state index is 0.0247. The lowest BCUT2D eigenvalue weighted by atomic mass is 10.1. The molecule has 1 aromatic heterocycles. The van der Waals surface area contributed by atoms with Crippen molar-refractivity contribution in [2.75, 3.05) is 30.0 Å². The van der Waals surface area contributed by atoms with Crippen LogP contribution in [0.4, 0.5) is 11.4 Å². The Morgan fingerprint density at radius 3 is 2.75 bits per heavy atom. The van der Waals surface area contributed by atoms with Crippen LogP contribution in [0.2, 0.25) is 0 Å². The highest BCUT2D eigenvalue weighted by Crippen LogP contribution is 2.37. The molecule has 0 saturated heterocycles. The minimum atomic E-state index is -0.237. The lowest BCUT2D eigenvalue weighted by Crippen LogP contribution is -2.25. The third-order valence-corrected chi connectivity index (χ3v) is 6.37. The number of aromatic nitrogens is 1. The molecular formula is C24H21N3O4S. The summed E-state index contributed by atoms with van der Waals surface area (Å²) in [6, 6.07) is 14.8. The van der Waals surface area contributed by atoms with E-state index in [9.17, 15) is 9.59 Å². The van der Waals surface area contributed by atoms with Crippen molar-refractivity contribution in [3.8, 4) is 11.5 Å². The van der Waals surface area contributed by atoms with Gasteiger partial charge in [0.2, 0.25) is 5.91 Å². The van der Waals surface area contributed by atoms with Crippen molar-refractivity contribution in [3.05, 3.63) is 65.9 Å². The Morgan fingerprint density at radius 1 is 1.06 bits per heavy atom. The first kappa shape index (κ1) is 20.4. The van der Waals surface area contributed by atoms with Crippen molar-refractivity contribution in [2.24, 2.45) is 0 Å². The zero-order valence-electron chi connectivity index (χ0n) is 17.5. The zero-order chi connectivity index (χ0) is 22.1. The summed E-state index contributed by atoms with van der Waals surface area (Å²) in [6.45, 7) is 3.29. The number of nitrogens with one attached hydrogen (secondary N) is 1. The molecule has 3 aromatic rings. The van der Waals surface area contributed by atoms with E-state index in [0.29, 0.717) is 41.8 Å². The first-order valence-electron chi connectivity index (χ1n) is 10.3. The van der Waals surface area contributed by atoms with Crippen LogP contribution in [0.3, 0.4) is 0 Å². The maximum atomic E-state index is 13.1. The molecule has 5 rings (SSSR count). The molecular weight excluding hydrogens is 426 g/mol. The fourth-order valence-corrected chi connectivity index (χ4v) is 4.76. The summed E-state index contributed by atoms with van der Waals surface area (Å²) >= 11 is 1.40. The third kappa shape index (κ3) is 4.01. The minimum Gasteiger partial charge on any atom is -0.486 e.